The van der Waals surface area contributed by atoms with E-state index >= 15 is 0 Å². The molecule has 0 unspecified atom stereocenters. The summed E-state index contributed by atoms with van der Waals surface area (Å²) < 4.78 is 28.3. The first-order valence-electron chi connectivity index (χ1n) is 6.91. The van der Waals surface area contributed by atoms with Crippen molar-refractivity contribution < 1.29 is 8.42 Å². The molecule has 4 N–H and O–H groups in total. The summed E-state index contributed by atoms with van der Waals surface area (Å²) in [6.07, 6.45) is 0. The third-order valence-corrected chi connectivity index (χ3v) is 5.28. The molecule has 20 heavy (non-hydrogen) atoms. The number of hydrogen-bond donors (Lipinski definition) is 3. The summed E-state index contributed by atoms with van der Waals surface area (Å²) in [6, 6.07) is 0. The minimum absolute atomic E-state index is 0.103. The monoisotopic (exact) mass is 305 g/mol. The van der Waals surface area contributed by atoms with Crippen LogP contribution in [-0.4, -0.2) is 61.7 Å². The highest BCUT2D eigenvalue weighted by atomic mass is 32.2. The number of nitrogens with zero attached hydrogens (tertiary/aromatic N) is 2. The Hall–Kier alpha value is -0.700. The molecule has 0 bridgehead atoms. The smallest absolute Gasteiger partial charge is 0.279 e. The van der Waals surface area contributed by atoms with E-state index in [1.807, 2.05) is 32.6 Å². The van der Waals surface area contributed by atoms with Crippen LogP contribution in [0.25, 0.3) is 0 Å². The van der Waals surface area contributed by atoms with Gasteiger partial charge < -0.3 is 5.73 Å². The Balaban J connectivity index is 2.60. The van der Waals surface area contributed by atoms with Gasteiger partial charge in [0, 0.05) is 32.7 Å². The minimum atomic E-state index is -3.40. The Morgan fingerprint density at radius 2 is 1.80 bits per heavy atom. The highest BCUT2D eigenvalue weighted by Crippen LogP contribution is 2.17. The van der Waals surface area contributed by atoms with Gasteiger partial charge in [0.05, 0.1) is 5.54 Å². The molecule has 0 aromatic carbocycles. The van der Waals surface area contributed by atoms with Crippen LogP contribution in [0, 0.1) is 11.3 Å². The predicted molar refractivity (Wildman–Crippen MR) is 80.9 cm³/mol. The van der Waals surface area contributed by atoms with Crippen LogP contribution >= 0.6 is 0 Å². The molecule has 0 atom stereocenters. The molecule has 0 amide bonds. The Morgan fingerprint density at radius 3 is 2.20 bits per heavy atom. The lowest BCUT2D eigenvalue weighted by Gasteiger charge is -2.42. The fourth-order valence-corrected chi connectivity index (χ4v) is 3.39. The molecule has 1 aliphatic rings. The van der Waals surface area contributed by atoms with Gasteiger partial charge in [-0.3, -0.25) is 10.3 Å². The molecule has 1 rings (SSSR count). The van der Waals surface area contributed by atoms with Gasteiger partial charge >= 0.3 is 0 Å². The van der Waals surface area contributed by atoms with Crippen LogP contribution in [0.5, 0.6) is 0 Å². The van der Waals surface area contributed by atoms with Gasteiger partial charge in [-0.2, -0.15) is 12.7 Å². The van der Waals surface area contributed by atoms with E-state index in [1.54, 1.807) is 0 Å². The quantitative estimate of drug-likeness (QED) is 0.467. The fourth-order valence-electron chi connectivity index (χ4n) is 2.02. The molecule has 0 radical (unpaired) electrons. The van der Waals surface area contributed by atoms with E-state index in [0.717, 1.165) is 0 Å². The van der Waals surface area contributed by atoms with Gasteiger partial charge in [-0.25, -0.2) is 4.72 Å². The average molecular weight is 305 g/mol. The zero-order valence-electron chi connectivity index (χ0n) is 12.8. The molecule has 0 aliphatic carbocycles. The molecule has 1 fully saturated rings. The summed E-state index contributed by atoms with van der Waals surface area (Å²) in [5, 5.41) is 7.61. The maximum atomic E-state index is 12.1. The van der Waals surface area contributed by atoms with Gasteiger partial charge in [-0.05, 0) is 19.8 Å². The van der Waals surface area contributed by atoms with E-state index in [4.69, 9.17) is 11.1 Å². The Bertz CT molecular complexity index is 439. The van der Waals surface area contributed by atoms with Crippen molar-refractivity contribution in [2.75, 3.05) is 32.7 Å². The second kappa shape index (κ2) is 6.38. The Morgan fingerprint density at radius 1 is 1.30 bits per heavy atom. The molecule has 0 spiro atoms. The van der Waals surface area contributed by atoms with Crippen LogP contribution in [0.15, 0.2) is 0 Å². The molecule has 0 saturated carbocycles. The molecule has 1 saturated heterocycles. The first-order valence-corrected chi connectivity index (χ1v) is 8.35. The van der Waals surface area contributed by atoms with Crippen molar-refractivity contribution in [3.8, 4) is 0 Å². The molecule has 8 heteroatoms. The molecule has 1 aliphatic heterocycles. The number of amidine groups is 1. The first-order chi connectivity index (χ1) is 9.07. The molecule has 118 valence electrons. The standard InChI is InChI=1S/C12H27N5O2S/c1-10(2)9-15-20(18,19)17-7-5-16(6-8-17)12(3,4)11(13)14/h10,15H,5-9H2,1-4H3,(H3,13,14). The third kappa shape index (κ3) is 4.15. The zero-order valence-corrected chi connectivity index (χ0v) is 13.6. The fraction of sp³-hybridized carbons (Fsp3) is 0.917. The summed E-state index contributed by atoms with van der Waals surface area (Å²) in [6.45, 7) is 10.2. The van der Waals surface area contributed by atoms with Crippen LogP contribution in [-0.2, 0) is 10.2 Å². The van der Waals surface area contributed by atoms with Crippen molar-refractivity contribution in [1.82, 2.24) is 13.9 Å². The number of piperazine rings is 1. The summed E-state index contributed by atoms with van der Waals surface area (Å²) in [4.78, 5) is 2.05. The first kappa shape index (κ1) is 17.4. The Kier molecular flexibility index (Phi) is 5.54. The number of hydrogen-bond acceptors (Lipinski definition) is 4. The van der Waals surface area contributed by atoms with Gasteiger partial charge in [0.25, 0.3) is 10.2 Å². The van der Waals surface area contributed by atoms with Gasteiger partial charge in [-0.1, -0.05) is 13.8 Å². The van der Waals surface area contributed by atoms with Gasteiger partial charge in [0.15, 0.2) is 0 Å². The number of nitrogens with one attached hydrogen (secondary N) is 2. The van der Waals surface area contributed by atoms with Crippen LogP contribution in [0.2, 0.25) is 0 Å². The summed E-state index contributed by atoms with van der Waals surface area (Å²) in [5.41, 5.74) is 5.07. The van der Waals surface area contributed by atoms with Crippen molar-refractivity contribution in [2.24, 2.45) is 11.7 Å². The highest BCUT2D eigenvalue weighted by Gasteiger charge is 2.35. The van der Waals surface area contributed by atoms with E-state index in [9.17, 15) is 8.42 Å². The summed E-state index contributed by atoms with van der Waals surface area (Å²) >= 11 is 0. The molecule has 0 aromatic rings. The third-order valence-electron chi connectivity index (χ3n) is 3.70. The summed E-state index contributed by atoms with van der Waals surface area (Å²) in [5.74, 6) is 0.384. The molecule has 7 nitrogen and oxygen atoms in total. The summed E-state index contributed by atoms with van der Waals surface area (Å²) in [7, 11) is -3.40. The second-order valence-corrected chi connectivity index (χ2v) is 7.86. The van der Waals surface area contributed by atoms with Crippen molar-refractivity contribution >= 4 is 16.0 Å². The van der Waals surface area contributed by atoms with Gasteiger partial charge in [0.1, 0.15) is 5.84 Å². The SMILES string of the molecule is CC(C)CNS(=O)(=O)N1CCN(C(C)(C)C(=N)N)CC1. The maximum Gasteiger partial charge on any atom is 0.279 e. The van der Waals surface area contributed by atoms with E-state index < -0.39 is 15.7 Å². The van der Waals surface area contributed by atoms with Crippen LogP contribution in [0.3, 0.4) is 0 Å². The molecule has 1 heterocycles. The topological polar surface area (TPSA) is 103 Å². The van der Waals surface area contributed by atoms with Crippen LogP contribution in [0.4, 0.5) is 0 Å². The number of nitrogens with two attached hydrogens (primary N) is 1. The Labute approximate surface area is 122 Å². The normalized spacial score (nSPS) is 19.4. The zero-order chi connectivity index (χ0) is 15.6. The predicted octanol–water partition coefficient (Wildman–Crippen LogP) is -0.191. The van der Waals surface area contributed by atoms with Crippen molar-refractivity contribution in [3.05, 3.63) is 0 Å². The lowest BCUT2D eigenvalue weighted by Crippen LogP contribution is -2.61. The minimum Gasteiger partial charge on any atom is -0.386 e. The van der Waals surface area contributed by atoms with Crippen molar-refractivity contribution in [3.63, 3.8) is 0 Å². The van der Waals surface area contributed by atoms with Crippen molar-refractivity contribution in [2.45, 2.75) is 33.2 Å². The van der Waals surface area contributed by atoms with E-state index in [-0.39, 0.29) is 11.8 Å². The van der Waals surface area contributed by atoms with E-state index in [0.29, 0.717) is 32.7 Å². The molecular formula is C12H27N5O2S. The highest BCUT2D eigenvalue weighted by molar-refractivity contribution is 7.87. The second-order valence-electron chi connectivity index (χ2n) is 6.11. The largest absolute Gasteiger partial charge is 0.386 e. The molecule has 0 aromatic heterocycles. The van der Waals surface area contributed by atoms with E-state index in [2.05, 4.69) is 4.72 Å². The average Bonchev–Trinajstić information content (AvgIpc) is 2.36. The lowest BCUT2D eigenvalue weighted by atomic mass is 10.0. The number of rotatable bonds is 6. The maximum absolute atomic E-state index is 12.1. The molecular weight excluding hydrogens is 278 g/mol. The van der Waals surface area contributed by atoms with Crippen molar-refractivity contribution in [1.29, 1.82) is 5.41 Å². The van der Waals surface area contributed by atoms with Crippen LogP contribution in [0.1, 0.15) is 27.7 Å². The van der Waals surface area contributed by atoms with Crippen LogP contribution < -0.4 is 10.5 Å². The van der Waals surface area contributed by atoms with Gasteiger partial charge in [0.2, 0.25) is 0 Å². The van der Waals surface area contributed by atoms with E-state index in [1.165, 1.54) is 4.31 Å². The lowest BCUT2D eigenvalue weighted by molar-refractivity contribution is 0.121. The van der Waals surface area contributed by atoms with Gasteiger partial charge in [-0.15, -0.1) is 0 Å².